The van der Waals surface area contributed by atoms with Crippen molar-refractivity contribution in [2.75, 3.05) is 6.61 Å². The van der Waals surface area contributed by atoms with E-state index in [-0.39, 0.29) is 11.5 Å². The van der Waals surface area contributed by atoms with E-state index in [0.717, 1.165) is 0 Å². The highest BCUT2D eigenvalue weighted by atomic mass is 16.5. The molecule has 2 aromatic rings. The first kappa shape index (κ1) is 11.2. The highest BCUT2D eigenvalue weighted by Gasteiger charge is 2.16. The highest BCUT2D eigenvalue weighted by Crippen LogP contribution is 2.17. The molecule has 0 aliphatic rings. The Hall–Kier alpha value is -2.30. The second-order valence-corrected chi connectivity index (χ2v) is 3.28. The van der Waals surface area contributed by atoms with E-state index in [1.807, 2.05) is 13.0 Å². The first-order valence-corrected chi connectivity index (χ1v) is 5.24. The molecule has 0 saturated heterocycles. The van der Waals surface area contributed by atoms with Gasteiger partial charge in [0.1, 0.15) is 0 Å². The second kappa shape index (κ2) is 5.16. The molecular formula is C12H11N3O2. The van der Waals surface area contributed by atoms with Crippen molar-refractivity contribution < 1.29 is 9.53 Å². The highest BCUT2D eigenvalue weighted by molar-refractivity contribution is 6.09. The van der Waals surface area contributed by atoms with Gasteiger partial charge in [0.25, 0.3) is 0 Å². The molecule has 0 amide bonds. The molecule has 0 fully saturated rings. The Kier molecular flexibility index (Phi) is 3.40. The van der Waals surface area contributed by atoms with Crippen LogP contribution >= 0.6 is 0 Å². The summed E-state index contributed by atoms with van der Waals surface area (Å²) in [5.74, 6) is 0.139. The van der Waals surface area contributed by atoms with Crippen LogP contribution in [0.25, 0.3) is 0 Å². The smallest absolute Gasteiger partial charge is 0.217 e. The lowest BCUT2D eigenvalue weighted by molar-refractivity contribution is 0.102. The van der Waals surface area contributed by atoms with E-state index in [2.05, 4.69) is 15.4 Å². The molecule has 0 unspecified atom stereocenters. The van der Waals surface area contributed by atoms with Crippen LogP contribution in [0.2, 0.25) is 0 Å². The van der Waals surface area contributed by atoms with Crippen LogP contribution < -0.4 is 4.74 Å². The number of ketones is 1. The van der Waals surface area contributed by atoms with Gasteiger partial charge in [0, 0.05) is 5.56 Å². The van der Waals surface area contributed by atoms with Crippen molar-refractivity contribution in [1.82, 2.24) is 15.4 Å². The maximum Gasteiger partial charge on any atom is 0.217 e. The Morgan fingerprint density at radius 1 is 1.29 bits per heavy atom. The number of carbonyl (C=O) groups is 1. The van der Waals surface area contributed by atoms with Crippen LogP contribution in [0.1, 0.15) is 23.0 Å². The normalized spacial score (nSPS) is 9.94. The molecule has 0 N–H and O–H groups in total. The van der Waals surface area contributed by atoms with Crippen LogP contribution in [-0.2, 0) is 0 Å². The van der Waals surface area contributed by atoms with E-state index in [1.54, 1.807) is 24.3 Å². The lowest BCUT2D eigenvalue weighted by atomic mass is 10.1. The third kappa shape index (κ3) is 2.44. The van der Waals surface area contributed by atoms with Gasteiger partial charge in [-0.3, -0.25) is 4.79 Å². The number of benzene rings is 1. The van der Waals surface area contributed by atoms with Crippen LogP contribution in [-0.4, -0.2) is 27.8 Å². The predicted octanol–water partition coefficient (Wildman–Crippen LogP) is 1.50. The zero-order chi connectivity index (χ0) is 12.1. The Morgan fingerprint density at radius 3 is 2.76 bits per heavy atom. The minimum atomic E-state index is -0.219. The summed E-state index contributed by atoms with van der Waals surface area (Å²) in [4.78, 5) is 12.1. The van der Waals surface area contributed by atoms with Gasteiger partial charge in [0.2, 0.25) is 5.78 Å². The molecule has 17 heavy (non-hydrogen) atoms. The summed E-state index contributed by atoms with van der Waals surface area (Å²) in [6, 6.07) is 8.88. The standard InChI is InChI=1S/C12H11N3O2/c1-2-17-10-8-13-15-14-11(10)12(16)9-6-4-3-5-7-9/h3-8H,2H2,1H3. The summed E-state index contributed by atoms with van der Waals surface area (Å²) in [7, 11) is 0. The maximum atomic E-state index is 12.1. The van der Waals surface area contributed by atoms with Gasteiger partial charge >= 0.3 is 0 Å². The van der Waals surface area contributed by atoms with Crippen molar-refractivity contribution in [3.05, 3.63) is 47.8 Å². The SMILES string of the molecule is CCOc1cnnnc1C(=O)c1ccccc1. The Balaban J connectivity index is 2.37. The van der Waals surface area contributed by atoms with Crippen LogP contribution in [0.3, 0.4) is 0 Å². The van der Waals surface area contributed by atoms with Crippen molar-refractivity contribution in [3.63, 3.8) is 0 Å². The monoisotopic (exact) mass is 229 g/mol. The minimum Gasteiger partial charge on any atom is -0.490 e. The average Bonchev–Trinajstić information content (AvgIpc) is 2.40. The molecule has 0 atom stereocenters. The summed E-state index contributed by atoms with van der Waals surface area (Å²) >= 11 is 0. The van der Waals surface area contributed by atoms with Crippen LogP contribution in [0, 0.1) is 0 Å². The summed E-state index contributed by atoms with van der Waals surface area (Å²) in [5, 5.41) is 10.8. The Morgan fingerprint density at radius 2 is 2.06 bits per heavy atom. The topological polar surface area (TPSA) is 65.0 Å². The maximum absolute atomic E-state index is 12.1. The molecule has 5 heteroatoms. The lowest BCUT2D eigenvalue weighted by Gasteiger charge is -2.06. The van der Waals surface area contributed by atoms with Gasteiger partial charge in [-0.25, -0.2) is 0 Å². The number of ether oxygens (including phenoxy) is 1. The van der Waals surface area contributed by atoms with E-state index >= 15 is 0 Å². The zero-order valence-corrected chi connectivity index (χ0v) is 9.33. The fourth-order valence-corrected chi connectivity index (χ4v) is 1.40. The molecular weight excluding hydrogens is 218 g/mol. The van der Waals surface area contributed by atoms with Gasteiger partial charge in [-0.2, -0.15) is 0 Å². The second-order valence-electron chi connectivity index (χ2n) is 3.28. The third-order valence-electron chi connectivity index (χ3n) is 2.16. The molecule has 5 nitrogen and oxygen atoms in total. The third-order valence-corrected chi connectivity index (χ3v) is 2.16. The van der Waals surface area contributed by atoms with E-state index in [4.69, 9.17) is 4.74 Å². The zero-order valence-electron chi connectivity index (χ0n) is 9.33. The van der Waals surface area contributed by atoms with Gasteiger partial charge in [0.15, 0.2) is 11.4 Å². The number of hydrogen-bond donors (Lipinski definition) is 0. The molecule has 1 aromatic carbocycles. The van der Waals surface area contributed by atoms with Crippen molar-refractivity contribution in [3.8, 4) is 5.75 Å². The molecule has 0 saturated carbocycles. The van der Waals surface area contributed by atoms with Crippen molar-refractivity contribution in [2.45, 2.75) is 6.92 Å². The molecule has 0 aliphatic heterocycles. The first-order valence-electron chi connectivity index (χ1n) is 5.24. The largest absolute Gasteiger partial charge is 0.490 e. The first-order chi connectivity index (χ1) is 8.33. The molecule has 1 heterocycles. The van der Waals surface area contributed by atoms with Gasteiger partial charge < -0.3 is 4.74 Å². The number of hydrogen-bond acceptors (Lipinski definition) is 5. The van der Waals surface area contributed by atoms with Crippen molar-refractivity contribution >= 4 is 5.78 Å². The molecule has 0 spiro atoms. The van der Waals surface area contributed by atoms with Gasteiger partial charge in [-0.1, -0.05) is 30.3 Å². The predicted molar refractivity (Wildman–Crippen MR) is 60.9 cm³/mol. The fraction of sp³-hybridized carbons (Fsp3) is 0.167. The van der Waals surface area contributed by atoms with Gasteiger partial charge in [0.05, 0.1) is 12.8 Å². The molecule has 0 radical (unpaired) electrons. The van der Waals surface area contributed by atoms with Crippen molar-refractivity contribution in [2.24, 2.45) is 0 Å². The number of rotatable bonds is 4. The summed E-state index contributed by atoms with van der Waals surface area (Å²) in [6.07, 6.45) is 1.40. The van der Waals surface area contributed by atoms with Crippen LogP contribution in [0.5, 0.6) is 5.75 Å². The molecule has 0 bridgehead atoms. The summed E-state index contributed by atoms with van der Waals surface area (Å²) in [6.45, 7) is 2.28. The number of carbonyl (C=O) groups excluding carboxylic acids is 1. The lowest BCUT2D eigenvalue weighted by Crippen LogP contribution is -2.09. The number of aromatic nitrogens is 3. The van der Waals surface area contributed by atoms with Gasteiger partial charge in [-0.15, -0.1) is 10.2 Å². The van der Waals surface area contributed by atoms with E-state index in [0.29, 0.717) is 17.9 Å². The summed E-state index contributed by atoms with van der Waals surface area (Å²) < 4.78 is 5.29. The minimum absolute atomic E-state index is 0.188. The van der Waals surface area contributed by atoms with Gasteiger partial charge in [-0.05, 0) is 12.1 Å². The van der Waals surface area contributed by atoms with E-state index in [9.17, 15) is 4.79 Å². The Labute approximate surface area is 98.5 Å². The molecule has 86 valence electrons. The molecule has 2 rings (SSSR count). The van der Waals surface area contributed by atoms with Crippen molar-refractivity contribution in [1.29, 1.82) is 0 Å². The summed E-state index contributed by atoms with van der Waals surface area (Å²) in [5.41, 5.74) is 0.738. The van der Waals surface area contributed by atoms with E-state index in [1.165, 1.54) is 6.20 Å². The van der Waals surface area contributed by atoms with E-state index < -0.39 is 0 Å². The average molecular weight is 229 g/mol. The Bertz CT molecular complexity index is 514. The fourth-order valence-electron chi connectivity index (χ4n) is 1.40. The molecule has 1 aromatic heterocycles. The van der Waals surface area contributed by atoms with Crippen LogP contribution in [0.15, 0.2) is 36.5 Å². The molecule has 0 aliphatic carbocycles. The quantitative estimate of drug-likeness (QED) is 0.743. The van der Waals surface area contributed by atoms with Crippen LogP contribution in [0.4, 0.5) is 0 Å². The number of nitrogens with zero attached hydrogens (tertiary/aromatic N) is 3.